The molecule has 1 atom stereocenters. The van der Waals surface area contributed by atoms with Crippen molar-refractivity contribution in [2.75, 3.05) is 0 Å². The summed E-state index contributed by atoms with van der Waals surface area (Å²) in [5.74, 6) is 0. The number of hydrogen-bond donors (Lipinski definition) is 1. The lowest BCUT2D eigenvalue weighted by Gasteiger charge is -2.30. The van der Waals surface area contributed by atoms with Crippen molar-refractivity contribution in [3.8, 4) is 0 Å². The van der Waals surface area contributed by atoms with E-state index in [9.17, 15) is 5.11 Å². The molecule has 15 heavy (non-hydrogen) atoms. The predicted molar refractivity (Wildman–Crippen MR) is 72.3 cm³/mol. The Bertz CT molecular complexity index is 386. The number of rotatable bonds is 1. The van der Waals surface area contributed by atoms with Crippen molar-refractivity contribution >= 4 is 71.0 Å². The second kappa shape index (κ2) is 4.46. The van der Waals surface area contributed by atoms with Crippen molar-refractivity contribution in [1.82, 2.24) is 9.78 Å². The summed E-state index contributed by atoms with van der Waals surface area (Å²) in [6.45, 7) is 3.45. The van der Waals surface area contributed by atoms with Gasteiger partial charge in [-0.15, -0.1) is 0 Å². The summed E-state index contributed by atoms with van der Waals surface area (Å²) in [7, 11) is 0. The van der Waals surface area contributed by atoms with E-state index in [0.29, 0.717) is 16.4 Å². The predicted octanol–water partition coefficient (Wildman–Crippen LogP) is 3.83. The van der Waals surface area contributed by atoms with Gasteiger partial charge in [-0.25, -0.2) is 4.68 Å². The van der Waals surface area contributed by atoms with Crippen molar-refractivity contribution in [1.29, 1.82) is 0 Å². The molecule has 1 rings (SSSR count). The third-order valence-corrected chi connectivity index (χ3v) is 5.18. The lowest BCUT2D eigenvalue weighted by molar-refractivity contribution is 0.0518. The number of aliphatic hydroxyl groups is 1. The summed E-state index contributed by atoms with van der Waals surface area (Å²) < 4.78 is 0.124. The Hall–Kier alpha value is 1.19. The highest BCUT2D eigenvalue weighted by Gasteiger charge is 2.48. The molecule has 0 aliphatic carbocycles. The number of nitrogens with zero attached hydrogens (tertiary/aromatic N) is 2. The van der Waals surface area contributed by atoms with Gasteiger partial charge in [-0.1, -0.05) is 71.0 Å². The Morgan fingerprint density at radius 2 is 1.80 bits per heavy atom. The van der Waals surface area contributed by atoms with Crippen LogP contribution in [0.1, 0.15) is 11.4 Å². The molecular weight excluding hydrogens is 439 g/mol. The van der Waals surface area contributed by atoms with Crippen molar-refractivity contribution in [2.24, 2.45) is 0 Å². The lowest BCUT2D eigenvalue weighted by Crippen LogP contribution is -2.40. The largest absolute Gasteiger partial charge is 0.355 e. The molecule has 1 N–H and O–H groups in total. The summed E-state index contributed by atoms with van der Waals surface area (Å²) in [4.78, 5) is 0. The van der Waals surface area contributed by atoms with Crippen molar-refractivity contribution < 1.29 is 5.11 Å². The van der Waals surface area contributed by atoms with Crippen LogP contribution in [0.3, 0.4) is 0 Å². The fourth-order valence-corrected chi connectivity index (χ4v) is 1.82. The monoisotopic (exact) mass is 442 g/mol. The number of aromatic nitrogens is 2. The van der Waals surface area contributed by atoms with E-state index >= 15 is 0 Å². The Morgan fingerprint density at radius 3 is 2.07 bits per heavy atom. The summed E-state index contributed by atoms with van der Waals surface area (Å²) in [5.41, 5.74) is 1.18. The number of alkyl halides is 4. The molecule has 1 aromatic rings. The van der Waals surface area contributed by atoms with Crippen LogP contribution in [0.25, 0.3) is 0 Å². The van der Waals surface area contributed by atoms with Crippen LogP contribution in [0, 0.1) is 13.8 Å². The Balaban J connectivity index is 3.34. The van der Waals surface area contributed by atoms with Gasteiger partial charge in [-0.05, 0) is 13.8 Å². The minimum Gasteiger partial charge on any atom is -0.355 e. The highest BCUT2D eigenvalue weighted by molar-refractivity contribution is 9.39. The average Bonchev–Trinajstić information content (AvgIpc) is 2.31. The molecule has 86 valence electrons. The average molecular weight is 446 g/mol. The maximum atomic E-state index is 10.1. The van der Waals surface area contributed by atoms with E-state index in [1.807, 2.05) is 0 Å². The minimum atomic E-state index is -1.82. The van der Waals surface area contributed by atoms with Crippen LogP contribution >= 0.6 is 71.0 Å². The van der Waals surface area contributed by atoms with Gasteiger partial charge in [0.1, 0.15) is 0 Å². The topological polar surface area (TPSA) is 38.0 Å². The van der Waals surface area contributed by atoms with Crippen LogP contribution in [-0.2, 0) is 5.18 Å². The van der Waals surface area contributed by atoms with E-state index in [0.717, 1.165) is 0 Å². The van der Waals surface area contributed by atoms with E-state index in [2.05, 4.69) is 52.9 Å². The van der Waals surface area contributed by atoms with Gasteiger partial charge in [0, 0.05) is 0 Å². The summed E-state index contributed by atoms with van der Waals surface area (Å²) in [6, 6.07) is 0. The second-order valence-electron chi connectivity index (χ2n) is 2.98. The maximum Gasteiger partial charge on any atom is 0.272 e. The van der Waals surface area contributed by atoms with Crippen LogP contribution in [0.4, 0.5) is 0 Å². The third kappa shape index (κ3) is 2.55. The quantitative estimate of drug-likeness (QED) is 0.667. The van der Waals surface area contributed by atoms with Crippen molar-refractivity contribution in [2.45, 2.75) is 21.2 Å². The van der Waals surface area contributed by atoms with Gasteiger partial charge in [0.2, 0.25) is 0 Å². The lowest BCUT2D eigenvalue weighted by atomic mass is 10.4. The van der Waals surface area contributed by atoms with Crippen LogP contribution < -0.4 is 0 Å². The summed E-state index contributed by atoms with van der Waals surface area (Å²) >= 11 is 21.4. The fraction of sp³-hybridized carbons (Fsp3) is 0.571. The zero-order valence-electron chi connectivity index (χ0n) is 7.73. The molecule has 0 bridgehead atoms. The zero-order chi connectivity index (χ0) is 12.0. The molecule has 1 heterocycles. The Kier molecular flexibility index (Phi) is 4.24. The molecular formula is C7H7Br3Cl2N2O. The van der Waals surface area contributed by atoms with Gasteiger partial charge in [-0.3, -0.25) is 0 Å². The zero-order valence-corrected chi connectivity index (χ0v) is 14.0. The van der Waals surface area contributed by atoms with Crippen molar-refractivity contribution in [3.05, 3.63) is 16.4 Å². The van der Waals surface area contributed by atoms with Gasteiger partial charge >= 0.3 is 0 Å². The Labute approximate surface area is 123 Å². The molecule has 0 spiro atoms. The first-order valence-electron chi connectivity index (χ1n) is 3.79. The van der Waals surface area contributed by atoms with Gasteiger partial charge in [0.15, 0.2) is 2.14 Å². The molecule has 0 saturated carbocycles. The smallest absolute Gasteiger partial charge is 0.272 e. The second-order valence-corrected chi connectivity index (χ2v) is 10.6. The van der Waals surface area contributed by atoms with Crippen molar-refractivity contribution in [3.63, 3.8) is 0 Å². The van der Waals surface area contributed by atoms with E-state index in [1.165, 1.54) is 4.68 Å². The summed E-state index contributed by atoms with van der Waals surface area (Å²) in [5, 5.41) is 12.8. The molecule has 0 saturated heterocycles. The van der Waals surface area contributed by atoms with E-state index < -0.39 is 7.33 Å². The Morgan fingerprint density at radius 1 is 1.33 bits per heavy atom. The molecule has 0 aliphatic rings. The first kappa shape index (κ1) is 14.3. The third-order valence-electron chi connectivity index (χ3n) is 1.84. The highest BCUT2D eigenvalue weighted by atomic mass is 80.0. The van der Waals surface area contributed by atoms with Crippen LogP contribution in [0.2, 0.25) is 5.02 Å². The standard InChI is InChI=1S/C7H7Br3Cl2N2O/c1-3-5(11)4(2)14(13-3)7(12,15)6(8,9)10/h15H,1-2H3. The highest BCUT2D eigenvalue weighted by Crippen LogP contribution is 2.49. The molecule has 0 radical (unpaired) electrons. The van der Waals surface area contributed by atoms with E-state index in [-0.39, 0.29) is 0 Å². The van der Waals surface area contributed by atoms with Gasteiger partial charge in [0.05, 0.1) is 16.4 Å². The maximum absolute atomic E-state index is 10.1. The minimum absolute atomic E-state index is 0.478. The first-order chi connectivity index (χ1) is 6.59. The molecule has 0 amide bonds. The fourth-order valence-electron chi connectivity index (χ4n) is 1.03. The van der Waals surface area contributed by atoms with Gasteiger partial charge in [-0.2, -0.15) is 5.10 Å². The summed E-state index contributed by atoms with van der Waals surface area (Å²) in [6.07, 6.45) is 0. The molecule has 1 unspecified atom stereocenters. The number of aryl methyl sites for hydroxylation is 1. The van der Waals surface area contributed by atoms with E-state index in [1.54, 1.807) is 13.8 Å². The van der Waals surface area contributed by atoms with E-state index in [4.69, 9.17) is 23.2 Å². The molecule has 0 fully saturated rings. The van der Waals surface area contributed by atoms with Gasteiger partial charge < -0.3 is 5.11 Å². The SMILES string of the molecule is Cc1nn(C(O)(Cl)C(Br)(Br)Br)c(C)c1Cl. The molecule has 0 aliphatic heterocycles. The van der Waals surface area contributed by atoms with Gasteiger partial charge in [0.25, 0.3) is 5.18 Å². The van der Waals surface area contributed by atoms with Crippen LogP contribution in [0.5, 0.6) is 0 Å². The molecule has 3 nitrogen and oxygen atoms in total. The normalized spacial score (nSPS) is 16.5. The number of halogens is 5. The number of hydrogen-bond acceptors (Lipinski definition) is 2. The molecule has 0 aromatic carbocycles. The van der Waals surface area contributed by atoms with Crippen LogP contribution in [0.15, 0.2) is 0 Å². The first-order valence-corrected chi connectivity index (χ1v) is 6.92. The van der Waals surface area contributed by atoms with Crippen LogP contribution in [-0.4, -0.2) is 17.0 Å². The molecule has 1 aromatic heterocycles. The molecule has 8 heteroatoms.